The quantitative estimate of drug-likeness (QED) is 0.415. The zero-order valence-electron chi connectivity index (χ0n) is 20.6. The summed E-state index contributed by atoms with van der Waals surface area (Å²) in [5.41, 5.74) is 1.67. The second-order valence-electron chi connectivity index (χ2n) is 8.25. The predicted molar refractivity (Wildman–Crippen MR) is 139 cm³/mol. The van der Waals surface area contributed by atoms with Crippen LogP contribution in [0.2, 0.25) is 5.02 Å². The zero-order valence-corrected chi connectivity index (χ0v) is 22.1. The Kier molecular flexibility index (Phi) is 11.4. The number of hydrogen-bond donors (Lipinski definition) is 2. The van der Waals surface area contributed by atoms with Crippen LogP contribution < -0.4 is 19.5 Å². The molecule has 0 radical (unpaired) electrons. The lowest BCUT2D eigenvalue weighted by Crippen LogP contribution is -2.50. The maximum atomic E-state index is 12.6. The highest BCUT2D eigenvalue weighted by Gasteiger charge is 2.26. The molecule has 1 amide bonds. The fraction of sp³-hybridized carbons (Fsp3) is 0.423. The Morgan fingerprint density at radius 3 is 2.54 bits per heavy atom. The van der Waals surface area contributed by atoms with Crippen molar-refractivity contribution in [2.24, 2.45) is 5.92 Å². The number of hydrogen-bond acceptors (Lipinski definition) is 5. The van der Waals surface area contributed by atoms with Crippen LogP contribution in [0, 0.1) is 17.8 Å². The molecule has 2 N–H and O–H groups in total. The molecule has 0 aliphatic carbocycles. The average molecular weight is 521 g/mol. The second-order valence-corrected chi connectivity index (χ2v) is 10.5. The van der Waals surface area contributed by atoms with Gasteiger partial charge in [-0.1, -0.05) is 62.4 Å². The van der Waals surface area contributed by atoms with E-state index >= 15 is 0 Å². The number of benzene rings is 2. The topological polar surface area (TPSA) is 93.7 Å². The van der Waals surface area contributed by atoms with Crippen molar-refractivity contribution >= 4 is 27.5 Å². The maximum absolute atomic E-state index is 12.6. The first-order valence-corrected chi connectivity index (χ1v) is 13.5. The molecule has 0 fully saturated rings. The van der Waals surface area contributed by atoms with Crippen LogP contribution in [-0.4, -0.2) is 46.4 Å². The maximum Gasteiger partial charge on any atom is 0.238 e. The molecule has 0 aromatic heterocycles. The number of sulfonamides is 1. The van der Waals surface area contributed by atoms with Crippen molar-refractivity contribution in [3.8, 4) is 23.3 Å². The Hall–Kier alpha value is -2.73. The van der Waals surface area contributed by atoms with Gasteiger partial charge in [-0.3, -0.25) is 4.79 Å². The van der Waals surface area contributed by atoms with E-state index in [4.69, 9.17) is 21.1 Å². The average Bonchev–Trinajstić information content (AvgIpc) is 2.81. The largest absolute Gasteiger partial charge is 0.493 e. The molecule has 190 valence electrons. The van der Waals surface area contributed by atoms with E-state index in [0.29, 0.717) is 35.9 Å². The second kappa shape index (κ2) is 14.0. The first-order chi connectivity index (χ1) is 16.7. The van der Waals surface area contributed by atoms with Crippen molar-refractivity contribution in [3.63, 3.8) is 0 Å². The normalized spacial score (nSPS) is 11.9. The van der Waals surface area contributed by atoms with Crippen LogP contribution in [0.5, 0.6) is 11.5 Å². The van der Waals surface area contributed by atoms with Gasteiger partial charge in [0.05, 0.1) is 17.9 Å². The van der Waals surface area contributed by atoms with E-state index in [1.54, 1.807) is 40.0 Å². The van der Waals surface area contributed by atoms with Gasteiger partial charge in [-0.05, 0) is 48.6 Å². The van der Waals surface area contributed by atoms with Gasteiger partial charge in [0.1, 0.15) is 12.6 Å². The summed E-state index contributed by atoms with van der Waals surface area (Å²) < 4.78 is 37.9. The van der Waals surface area contributed by atoms with E-state index in [1.807, 2.05) is 30.3 Å². The molecule has 0 bridgehead atoms. The summed E-state index contributed by atoms with van der Waals surface area (Å²) in [6.07, 6.45) is 1.03. The van der Waals surface area contributed by atoms with Gasteiger partial charge in [0.25, 0.3) is 0 Å². The number of carbonyl (C=O) groups excluding carboxylic acids is 1. The minimum atomic E-state index is -3.50. The molecular formula is C26H33ClN2O5S. The van der Waals surface area contributed by atoms with Crippen LogP contribution in [0.4, 0.5) is 0 Å². The molecule has 0 spiro atoms. The summed E-state index contributed by atoms with van der Waals surface area (Å²) in [4.78, 5) is 12.6. The number of halogens is 1. The number of ether oxygens (including phenoxy) is 2. The van der Waals surface area contributed by atoms with E-state index in [1.165, 1.54) is 0 Å². The minimum absolute atomic E-state index is 0.0106. The third-order valence-corrected chi connectivity index (χ3v) is 6.95. The molecule has 35 heavy (non-hydrogen) atoms. The fourth-order valence-corrected chi connectivity index (χ4v) is 4.85. The molecule has 2 rings (SSSR count). The molecular weight excluding hydrogens is 488 g/mol. The summed E-state index contributed by atoms with van der Waals surface area (Å²) in [5.74, 6) is 6.49. The third-order valence-electron chi connectivity index (χ3n) is 5.07. The Morgan fingerprint density at radius 2 is 1.89 bits per heavy atom. The van der Waals surface area contributed by atoms with E-state index < -0.39 is 16.1 Å². The van der Waals surface area contributed by atoms with Gasteiger partial charge in [-0.2, -0.15) is 0 Å². The van der Waals surface area contributed by atoms with E-state index in [2.05, 4.69) is 21.9 Å². The summed E-state index contributed by atoms with van der Waals surface area (Å²) in [5, 5.41) is 3.41. The Bertz CT molecular complexity index is 1160. The molecule has 0 aliphatic rings. The molecule has 0 aliphatic heterocycles. The van der Waals surface area contributed by atoms with Crippen molar-refractivity contribution in [2.75, 3.05) is 26.0 Å². The number of methoxy groups -OCH3 is 1. The van der Waals surface area contributed by atoms with Crippen LogP contribution in [0.1, 0.15) is 38.3 Å². The van der Waals surface area contributed by atoms with Crippen LogP contribution in [0.15, 0.2) is 42.5 Å². The van der Waals surface area contributed by atoms with Crippen molar-refractivity contribution in [1.29, 1.82) is 0 Å². The molecule has 0 saturated heterocycles. The fourth-order valence-electron chi connectivity index (χ4n) is 3.25. The number of carbonyl (C=O) groups is 1. The number of amides is 1. The molecule has 1 atom stereocenters. The first kappa shape index (κ1) is 28.5. The molecule has 0 unspecified atom stereocenters. The van der Waals surface area contributed by atoms with E-state index in [9.17, 15) is 13.2 Å². The lowest BCUT2D eigenvalue weighted by molar-refractivity contribution is -0.123. The smallest absolute Gasteiger partial charge is 0.238 e. The summed E-state index contributed by atoms with van der Waals surface area (Å²) in [6.45, 7) is 5.91. The number of rotatable bonds is 12. The molecule has 0 saturated carbocycles. The van der Waals surface area contributed by atoms with Crippen LogP contribution in [0.3, 0.4) is 0 Å². The van der Waals surface area contributed by atoms with Crippen LogP contribution in [-0.2, 0) is 21.2 Å². The van der Waals surface area contributed by atoms with Crippen molar-refractivity contribution in [3.05, 3.63) is 58.6 Å². The predicted octanol–water partition coefficient (Wildman–Crippen LogP) is 3.79. The standard InChI is InChI=1S/C26H33ClN2O5S/c1-5-17-35(31,32)29-25(19(2)3)26(30)28-15-14-20-12-13-23(24(18-20)33-4)34-16-8-10-21-9-6-7-11-22(21)27/h6-7,9,11-13,18-19,25,29H,5,14-17H2,1-4H3,(H,28,30)/t25-/m0/s1. The Morgan fingerprint density at radius 1 is 1.14 bits per heavy atom. The van der Waals surface area contributed by atoms with E-state index in [0.717, 1.165) is 11.1 Å². The zero-order chi connectivity index (χ0) is 25.8. The SMILES string of the molecule is CCCS(=O)(=O)N[C@H](C(=O)NCCc1ccc(OCC#Cc2ccccc2Cl)c(OC)c1)C(C)C. The lowest BCUT2D eigenvalue weighted by atomic mass is 10.0. The molecule has 0 heterocycles. The van der Waals surface area contributed by atoms with Crippen molar-refractivity contribution in [1.82, 2.24) is 10.0 Å². The lowest BCUT2D eigenvalue weighted by Gasteiger charge is -2.21. The molecule has 2 aromatic carbocycles. The van der Waals surface area contributed by atoms with Crippen LogP contribution in [0.25, 0.3) is 0 Å². The highest BCUT2D eigenvalue weighted by Crippen LogP contribution is 2.28. The van der Waals surface area contributed by atoms with Crippen LogP contribution >= 0.6 is 11.6 Å². The monoisotopic (exact) mass is 520 g/mol. The minimum Gasteiger partial charge on any atom is -0.493 e. The van der Waals surface area contributed by atoms with Crippen molar-refractivity contribution < 1.29 is 22.7 Å². The van der Waals surface area contributed by atoms with Gasteiger partial charge in [0.15, 0.2) is 11.5 Å². The first-order valence-electron chi connectivity index (χ1n) is 11.5. The van der Waals surface area contributed by atoms with Gasteiger partial charge in [-0.25, -0.2) is 13.1 Å². The van der Waals surface area contributed by atoms with Crippen molar-refractivity contribution in [2.45, 2.75) is 39.7 Å². The van der Waals surface area contributed by atoms with Gasteiger partial charge >= 0.3 is 0 Å². The van der Waals surface area contributed by atoms with Gasteiger partial charge in [0, 0.05) is 12.1 Å². The Balaban J connectivity index is 1.92. The summed E-state index contributed by atoms with van der Waals surface area (Å²) >= 11 is 6.10. The summed E-state index contributed by atoms with van der Waals surface area (Å²) in [7, 11) is -1.94. The van der Waals surface area contributed by atoms with E-state index in [-0.39, 0.29) is 24.2 Å². The highest BCUT2D eigenvalue weighted by atomic mass is 35.5. The van der Waals surface area contributed by atoms with Gasteiger partial charge in [-0.15, -0.1) is 0 Å². The molecule has 2 aromatic rings. The number of nitrogens with one attached hydrogen (secondary N) is 2. The Labute approximate surface area is 213 Å². The highest BCUT2D eigenvalue weighted by molar-refractivity contribution is 7.89. The third kappa shape index (κ3) is 9.44. The molecule has 9 heteroatoms. The summed E-state index contributed by atoms with van der Waals surface area (Å²) in [6, 6.07) is 12.0. The molecule has 7 nitrogen and oxygen atoms in total. The van der Waals surface area contributed by atoms with Gasteiger partial charge < -0.3 is 14.8 Å². The van der Waals surface area contributed by atoms with Gasteiger partial charge in [0.2, 0.25) is 15.9 Å².